The van der Waals surface area contributed by atoms with E-state index in [1.54, 1.807) is 13.1 Å². The molecule has 0 aliphatic heterocycles. The molecule has 0 fully saturated rings. The third kappa shape index (κ3) is 4.16. The highest BCUT2D eigenvalue weighted by Crippen LogP contribution is 2.31. The van der Waals surface area contributed by atoms with Crippen molar-refractivity contribution in [3.8, 4) is 0 Å². The Morgan fingerprint density at radius 2 is 1.90 bits per heavy atom. The molecular weight excluding hydrogens is 370 g/mol. The summed E-state index contributed by atoms with van der Waals surface area (Å²) in [6, 6.07) is 11.8. The third-order valence-electron chi connectivity index (χ3n) is 3.31. The Hall–Kier alpha value is -0.690. The summed E-state index contributed by atoms with van der Waals surface area (Å²) in [6.07, 6.45) is 1.69. The third-order valence-corrected chi connectivity index (χ3v) is 6.98. The second-order valence-electron chi connectivity index (χ2n) is 4.89. The molecule has 2 aromatic rings. The van der Waals surface area contributed by atoms with Crippen LogP contribution in [0.3, 0.4) is 0 Å². The summed E-state index contributed by atoms with van der Waals surface area (Å²) in [4.78, 5) is 1.22. The molecule has 21 heavy (non-hydrogen) atoms. The van der Waals surface area contributed by atoms with E-state index in [0.717, 1.165) is 21.5 Å². The number of hydrogen-bond donors (Lipinski definition) is 0. The number of aryl methyl sites for hydroxylation is 2. The van der Waals surface area contributed by atoms with Crippen molar-refractivity contribution in [1.29, 1.82) is 0 Å². The highest BCUT2D eigenvalue weighted by Gasteiger charge is 2.24. The monoisotopic (exact) mass is 387 g/mol. The molecule has 0 atom stereocenters. The van der Waals surface area contributed by atoms with Crippen LogP contribution in [0.4, 0.5) is 0 Å². The van der Waals surface area contributed by atoms with E-state index in [4.69, 9.17) is 0 Å². The molecule has 0 N–H and O–H groups in total. The van der Waals surface area contributed by atoms with E-state index in [0.29, 0.717) is 11.4 Å². The zero-order valence-corrected chi connectivity index (χ0v) is 15.3. The van der Waals surface area contributed by atoms with Gasteiger partial charge >= 0.3 is 0 Å². The van der Waals surface area contributed by atoms with Gasteiger partial charge in [0.25, 0.3) is 0 Å². The van der Waals surface area contributed by atoms with Crippen molar-refractivity contribution in [2.45, 2.75) is 24.7 Å². The molecular formula is C15H18BrNO2S2. The molecule has 1 aromatic heterocycles. The molecule has 0 amide bonds. The van der Waals surface area contributed by atoms with Crippen molar-refractivity contribution in [3.05, 3.63) is 50.6 Å². The second kappa shape index (κ2) is 7.05. The van der Waals surface area contributed by atoms with Crippen LogP contribution in [0.25, 0.3) is 0 Å². The molecule has 0 saturated carbocycles. The Bertz CT molecular complexity index is 696. The summed E-state index contributed by atoms with van der Waals surface area (Å²) in [5.41, 5.74) is 1.23. The average Bonchev–Trinajstić information content (AvgIpc) is 2.79. The number of sulfonamides is 1. The molecule has 0 saturated heterocycles. The first-order valence-electron chi connectivity index (χ1n) is 6.67. The second-order valence-corrected chi connectivity index (χ2v) is 9.54. The molecule has 3 nitrogen and oxygen atoms in total. The van der Waals surface area contributed by atoms with Crippen LogP contribution >= 0.6 is 27.3 Å². The summed E-state index contributed by atoms with van der Waals surface area (Å²) in [5.74, 6) is 0. The first-order chi connectivity index (χ1) is 9.91. The van der Waals surface area contributed by atoms with Gasteiger partial charge < -0.3 is 0 Å². The molecule has 0 radical (unpaired) electrons. The van der Waals surface area contributed by atoms with Gasteiger partial charge in [0.1, 0.15) is 0 Å². The minimum atomic E-state index is -3.39. The lowest BCUT2D eigenvalue weighted by atomic mass is 10.1. The van der Waals surface area contributed by atoms with Crippen LogP contribution in [0.1, 0.15) is 16.9 Å². The summed E-state index contributed by atoms with van der Waals surface area (Å²) in [7, 11) is -1.75. The lowest BCUT2D eigenvalue weighted by molar-refractivity contribution is 0.461. The SMILES string of the molecule is Cc1sc(Br)cc1S(=O)(=O)N(C)CCCc1ccccc1. The fourth-order valence-corrected chi connectivity index (χ4v) is 5.71. The Labute approximate surface area is 138 Å². The Kier molecular flexibility index (Phi) is 5.60. The number of rotatable bonds is 6. The number of thiophene rings is 1. The van der Waals surface area contributed by atoms with Crippen LogP contribution in [0.15, 0.2) is 45.1 Å². The standard InChI is InChI=1S/C15H18BrNO2S2/c1-12-14(11-15(16)20-12)21(18,19)17(2)10-6-9-13-7-4-3-5-8-13/h3-5,7-8,11H,6,9-10H2,1-2H3. The first-order valence-corrected chi connectivity index (χ1v) is 9.72. The first kappa shape index (κ1) is 16.7. The molecule has 1 aromatic carbocycles. The Morgan fingerprint density at radius 1 is 1.24 bits per heavy atom. The maximum Gasteiger partial charge on any atom is 0.243 e. The van der Waals surface area contributed by atoms with Crippen molar-refractivity contribution >= 4 is 37.3 Å². The van der Waals surface area contributed by atoms with Crippen molar-refractivity contribution in [3.63, 3.8) is 0 Å². The molecule has 0 bridgehead atoms. The lowest BCUT2D eigenvalue weighted by Gasteiger charge is -2.16. The van der Waals surface area contributed by atoms with E-state index < -0.39 is 10.0 Å². The lowest BCUT2D eigenvalue weighted by Crippen LogP contribution is -2.28. The van der Waals surface area contributed by atoms with Crippen LogP contribution in [-0.4, -0.2) is 26.3 Å². The van der Waals surface area contributed by atoms with Gasteiger partial charge in [0.05, 0.1) is 8.68 Å². The average molecular weight is 388 g/mol. The molecule has 0 spiro atoms. The van der Waals surface area contributed by atoms with Gasteiger partial charge in [-0.15, -0.1) is 11.3 Å². The van der Waals surface area contributed by atoms with E-state index >= 15 is 0 Å². The van der Waals surface area contributed by atoms with E-state index in [9.17, 15) is 8.42 Å². The Balaban J connectivity index is 1.99. The van der Waals surface area contributed by atoms with E-state index in [1.165, 1.54) is 21.2 Å². The molecule has 1 heterocycles. The van der Waals surface area contributed by atoms with Crippen LogP contribution in [0.2, 0.25) is 0 Å². The molecule has 2 rings (SSSR count). The van der Waals surface area contributed by atoms with Gasteiger partial charge in [-0.1, -0.05) is 30.3 Å². The summed E-state index contributed by atoms with van der Waals surface area (Å²) < 4.78 is 27.3. The molecule has 0 unspecified atom stereocenters. The smallest absolute Gasteiger partial charge is 0.207 e. The predicted octanol–water partition coefficient (Wildman–Crippen LogP) is 4.07. The highest BCUT2D eigenvalue weighted by atomic mass is 79.9. The van der Waals surface area contributed by atoms with E-state index in [2.05, 4.69) is 28.1 Å². The van der Waals surface area contributed by atoms with Gasteiger partial charge in [0, 0.05) is 18.5 Å². The topological polar surface area (TPSA) is 37.4 Å². The number of halogens is 1. The van der Waals surface area contributed by atoms with Gasteiger partial charge in [0.2, 0.25) is 10.0 Å². The predicted molar refractivity (Wildman–Crippen MR) is 91.3 cm³/mol. The maximum atomic E-state index is 12.5. The van der Waals surface area contributed by atoms with Gasteiger partial charge in [-0.25, -0.2) is 12.7 Å². The largest absolute Gasteiger partial charge is 0.243 e. The zero-order valence-electron chi connectivity index (χ0n) is 12.0. The van der Waals surface area contributed by atoms with Crippen molar-refractivity contribution in [2.75, 3.05) is 13.6 Å². The normalized spacial score (nSPS) is 12.0. The van der Waals surface area contributed by atoms with Crippen LogP contribution in [0, 0.1) is 6.92 Å². The summed E-state index contributed by atoms with van der Waals surface area (Å²) in [6.45, 7) is 2.35. The fourth-order valence-electron chi connectivity index (χ4n) is 2.13. The van der Waals surface area contributed by atoms with E-state index in [1.807, 2.05) is 25.1 Å². The van der Waals surface area contributed by atoms with Crippen LogP contribution in [0.5, 0.6) is 0 Å². The minimum Gasteiger partial charge on any atom is -0.207 e. The van der Waals surface area contributed by atoms with Crippen LogP contribution in [-0.2, 0) is 16.4 Å². The van der Waals surface area contributed by atoms with Crippen LogP contribution < -0.4 is 0 Å². The van der Waals surface area contributed by atoms with Gasteiger partial charge in [-0.3, -0.25) is 0 Å². The maximum absolute atomic E-state index is 12.5. The van der Waals surface area contributed by atoms with Gasteiger partial charge in [0.15, 0.2) is 0 Å². The summed E-state index contributed by atoms with van der Waals surface area (Å²) in [5, 5.41) is 0. The molecule has 0 aliphatic rings. The van der Waals surface area contributed by atoms with Gasteiger partial charge in [-0.05, 0) is 47.3 Å². The zero-order chi connectivity index (χ0) is 15.5. The minimum absolute atomic E-state index is 0.404. The van der Waals surface area contributed by atoms with Gasteiger partial charge in [-0.2, -0.15) is 0 Å². The highest BCUT2D eigenvalue weighted by molar-refractivity contribution is 9.11. The van der Waals surface area contributed by atoms with Crippen molar-refractivity contribution in [2.24, 2.45) is 0 Å². The van der Waals surface area contributed by atoms with E-state index in [-0.39, 0.29) is 0 Å². The molecule has 114 valence electrons. The Morgan fingerprint density at radius 3 is 2.48 bits per heavy atom. The quantitative estimate of drug-likeness (QED) is 0.748. The number of nitrogens with zero attached hydrogens (tertiary/aromatic N) is 1. The summed E-state index contributed by atoms with van der Waals surface area (Å²) >= 11 is 4.79. The number of hydrogen-bond acceptors (Lipinski definition) is 3. The molecule has 6 heteroatoms. The fraction of sp³-hybridized carbons (Fsp3) is 0.333. The number of benzene rings is 1. The molecule has 0 aliphatic carbocycles. The van der Waals surface area contributed by atoms with Crippen molar-refractivity contribution < 1.29 is 8.42 Å². The van der Waals surface area contributed by atoms with Crippen molar-refractivity contribution in [1.82, 2.24) is 4.31 Å².